The van der Waals surface area contributed by atoms with Crippen molar-refractivity contribution in [2.24, 2.45) is 0 Å². The van der Waals surface area contributed by atoms with E-state index >= 15 is 0 Å². The van der Waals surface area contributed by atoms with E-state index in [0.717, 1.165) is 0 Å². The average molecular weight is 344 g/mol. The van der Waals surface area contributed by atoms with Crippen LogP contribution < -0.4 is 5.32 Å². The highest BCUT2D eigenvalue weighted by Crippen LogP contribution is 2.22. The zero-order valence-corrected chi connectivity index (χ0v) is 14.3. The number of nitrogens with zero attached hydrogens (tertiary/aromatic N) is 1. The van der Waals surface area contributed by atoms with E-state index in [1.54, 1.807) is 20.8 Å². The number of aliphatic carboxylic acids is 1. The lowest BCUT2D eigenvalue weighted by atomic mass is 10.1. The number of methoxy groups -OCH3 is 1. The third-order valence-electron chi connectivity index (χ3n) is 3.33. The largest absolute Gasteiger partial charge is 0.481 e. The number of carbonyl (C=O) groups excluding carboxylic acids is 3. The summed E-state index contributed by atoms with van der Waals surface area (Å²) in [5.41, 5.74) is -0.722. The van der Waals surface area contributed by atoms with Crippen molar-refractivity contribution in [1.29, 1.82) is 0 Å². The Labute approximate surface area is 140 Å². The Balaban J connectivity index is 2.73. The first-order chi connectivity index (χ1) is 11.0. The highest BCUT2D eigenvalue weighted by molar-refractivity contribution is 5.84. The lowest BCUT2D eigenvalue weighted by molar-refractivity contribution is -0.145. The van der Waals surface area contributed by atoms with E-state index in [9.17, 15) is 19.2 Å². The van der Waals surface area contributed by atoms with Gasteiger partial charge in [0.1, 0.15) is 11.6 Å². The van der Waals surface area contributed by atoms with Crippen molar-refractivity contribution in [2.75, 3.05) is 13.7 Å². The van der Waals surface area contributed by atoms with E-state index in [4.69, 9.17) is 14.6 Å². The van der Waals surface area contributed by atoms with Gasteiger partial charge in [0, 0.05) is 25.4 Å². The predicted molar refractivity (Wildman–Crippen MR) is 82.2 cm³/mol. The Morgan fingerprint density at radius 3 is 2.33 bits per heavy atom. The molecule has 0 radical (unpaired) electrons. The van der Waals surface area contributed by atoms with Crippen LogP contribution in [0.4, 0.5) is 4.79 Å². The van der Waals surface area contributed by atoms with E-state index in [0.29, 0.717) is 0 Å². The van der Waals surface area contributed by atoms with Gasteiger partial charge in [-0.05, 0) is 20.8 Å². The van der Waals surface area contributed by atoms with Crippen molar-refractivity contribution in [3.05, 3.63) is 0 Å². The molecule has 0 aromatic carbocycles. The number of carboxylic acid groups (broad SMARTS) is 1. The quantitative estimate of drug-likeness (QED) is 0.697. The Bertz CT molecular complexity index is 512. The summed E-state index contributed by atoms with van der Waals surface area (Å²) in [5.74, 6) is -2.11. The van der Waals surface area contributed by atoms with Crippen molar-refractivity contribution >= 4 is 23.9 Å². The highest BCUT2D eigenvalue weighted by Gasteiger charge is 2.42. The molecule has 2 atom stereocenters. The van der Waals surface area contributed by atoms with Crippen molar-refractivity contribution in [3.8, 4) is 0 Å². The zero-order chi connectivity index (χ0) is 18.5. The summed E-state index contributed by atoms with van der Waals surface area (Å²) in [7, 11) is 1.22. The fourth-order valence-corrected chi connectivity index (χ4v) is 2.34. The molecule has 136 valence electrons. The second kappa shape index (κ2) is 7.98. The molecular weight excluding hydrogens is 320 g/mol. The Morgan fingerprint density at radius 1 is 1.21 bits per heavy atom. The van der Waals surface area contributed by atoms with Gasteiger partial charge in [0.25, 0.3) is 0 Å². The second-order valence-electron chi connectivity index (χ2n) is 6.57. The molecule has 9 nitrogen and oxygen atoms in total. The number of likely N-dealkylation sites (tertiary alicyclic amines) is 1. The summed E-state index contributed by atoms with van der Waals surface area (Å²) in [6.45, 7) is 5.21. The van der Waals surface area contributed by atoms with Gasteiger partial charge >= 0.3 is 18.0 Å². The number of rotatable bonds is 5. The number of hydrogen-bond acceptors (Lipinski definition) is 6. The SMILES string of the molecule is COC(=O)[C@@H]1C[C@@H](NC(=O)CCC(=O)O)CN1C(=O)OC(C)(C)C. The van der Waals surface area contributed by atoms with Gasteiger partial charge in [0.05, 0.1) is 13.5 Å². The van der Waals surface area contributed by atoms with E-state index < -0.39 is 41.6 Å². The predicted octanol–water partition coefficient (Wildman–Crippen LogP) is 0.518. The van der Waals surface area contributed by atoms with Crippen LogP contribution in [0.1, 0.15) is 40.0 Å². The van der Waals surface area contributed by atoms with Gasteiger partial charge in [-0.1, -0.05) is 0 Å². The van der Waals surface area contributed by atoms with Crippen molar-refractivity contribution in [2.45, 2.75) is 57.7 Å². The smallest absolute Gasteiger partial charge is 0.411 e. The number of ether oxygens (including phenoxy) is 2. The molecule has 9 heteroatoms. The molecule has 1 aliphatic heterocycles. The lowest BCUT2D eigenvalue weighted by Crippen LogP contribution is -2.44. The van der Waals surface area contributed by atoms with Crippen molar-refractivity contribution in [1.82, 2.24) is 10.2 Å². The summed E-state index contributed by atoms with van der Waals surface area (Å²) < 4.78 is 9.97. The van der Waals surface area contributed by atoms with Gasteiger partial charge < -0.3 is 19.9 Å². The number of carbonyl (C=O) groups is 4. The first kappa shape index (κ1) is 19.7. The fourth-order valence-electron chi connectivity index (χ4n) is 2.34. The third-order valence-corrected chi connectivity index (χ3v) is 3.33. The molecule has 1 fully saturated rings. The van der Waals surface area contributed by atoms with Gasteiger partial charge in [-0.25, -0.2) is 9.59 Å². The minimum absolute atomic E-state index is 0.0908. The summed E-state index contributed by atoms with van der Waals surface area (Å²) in [5, 5.41) is 11.2. The monoisotopic (exact) mass is 344 g/mol. The summed E-state index contributed by atoms with van der Waals surface area (Å²) in [4.78, 5) is 47.6. The summed E-state index contributed by atoms with van der Waals surface area (Å²) >= 11 is 0. The topological polar surface area (TPSA) is 122 Å². The molecule has 2 amide bonds. The molecule has 0 unspecified atom stereocenters. The fraction of sp³-hybridized carbons (Fsp3) is 0.733. The van der Waals surface area contributed by atoms with Gasteiger partial charge in [-0.2, -0.15) is 0 Å². The summed E-state index contributed by atoms with van der Waals surface area (Å²) in [6, 6.07) is -1.32. The minimum atomic E-state index is -1.07. The molecule has 24 heavy (non-hydrogen) atoms. The van der Waals surface area contributed by atoms with E-state index in [1.807, 2.05) is 0 Å². The van der Waals surface area contributed by atoms with E-state index in [-0.39, 0.29) is 25.8 Å². The molecule has 1 saturated heterocycles. The lowest BCUT2D eigenvalue weighted by Gasteiger charge is -2.27. The molecule has 1 rings (SSSR count). The molecular formula is C15H24N2O7. The Hall–Kier alpha value is -2.32. The molecule has 0 bridgehead atoms. The van der Waals surface area contributed by atoms with Crippen LogP contribution >= 0.6 is 0 Å². The minimum Gasteiger partial charge on any atom is -0.481 e. The van der Waals surface area contributed by atoms with Crippen LogP contribution in [0.3, 0.4) is 0 Å². The van der Waals surface area contributed by atoms with Crippen LogP contribution in [0, 0.1) is 0 Å². The highest BCUT2D eigenvalue weighted by atomic mass is 16.6. The number of carboxylic acids is 1. The normalized spacial score (nSPS) is 20.4. The number of nitrogens with one attached hydrogen (secondary N) is 1. The first-order valence-electron chi connectivity index (χ1n) is 7.62. The molecule has 2 N–H and O–H groups in total. The summed E-state index contributed by atoms with van der Waals surface area (Å²) in [6.07, 6.45) is -0.930. The number of esters is 1. The standard InChI is InChI=1S/C15H24N2O7/c1-15(2,3)24-14(22)17-8-9(7-10(17)13(21)23-4)16-11(18)5-6-12(19)20/h9-10H,5-8H2,1-4H3,(H,16,18)(H,19,20)/t9-,10+/m1/s1. The van der Waals surface area contributed by atoms with Crippen LogP contribution in [0.15, 0.2) is 0 Å². The Kier molecular flexibility index (Phi) is 6.56. The zero-order valence-electron chi connectivity index (χ0n) is 14.3. The maximum Gasteiger partial charge on any atom is 0.411 e. The average Bonchev–Trinajstić information content (AvgIpc) is 2.86. The maximum absolute atomic E-state index is 12.2. The van der Waals surface area contributed by atoms with Gasteiger partial charge in [0.15, 0.2) is 0 Å². The molecule has 0 aromatic heterocycles. The number of amides is 2. The van der Waals surface area contributed by atoms with Crippen LogP contribution in [0.25, 0.3) is 0 Å². The molecule has 1 heterocycles. The van der Waals surface area contributed by atoms with Gasteiger partial charge in [-0.3, -0.25) is 14.5 Å². The van der Waals surface area contributed by atoms with Gasteiger partial charge in [-0.15, -0.1) is 0 Å². The van der Waals surface area contributed by atoms with E-state index in [1.165, 1.54) is 12.0 Å². The van der Waals surface area contributed by atoms with Crippen LogP contribution in [0.5, 0.6) is 0 Å². The van der Waals surface area contributed by atoms with Crippen LogP contribution in [-0.2, 0) is 23.9 Å². The number of hydrogen-bond donors (Lipinski definition) is 2. The second-order valence-corrected chi connectivity index (χ2v) is 6.57. The van der Waals surface area contributed by atoms with Crippen molar-refractivity contribution < 1.29 is 33.8 Å². The molecule has 0 aromatic rings. The van der Waals surface area contributed by atoms with Gasteiger partial charge in [0.2, 0.25) is 5.91 Å². The molecule has 0 aliphatic carbocycles. The maximum atomic E-state index is 12.2. The van der Waals surface area contributed by atoms with E-state index in [2.05, 4.69) is 5.32 Å². The third kappa shape index (κ3) is 6.05. The van der Waals surface area contributed by atoms with Crippen molar-refractivity contribution in [3.63, 3.8) is 0 Å². The Morgan fingerprint density at radius 2 is 1.83 bits per heavy atom. The molecule has 0 saturated carbocycles. The first-order valence-corrected chi connectivity index (χ1v) is 7.62. The molecule has 1 aliphatic rings. The van der Waals surface area contributed by atoms with Crippen LogP contribution in [0.2, 0.25) is 0 Å². The van der Waals surface area contributed by atoms with Crippen LogP contribution in [-0.4, -0.2) is 65.3 Å². The molecule has 0 spiro atoms.